The predicted molar refractivity (Wildman–Crippen MR) is 78.8 cm³/mol. The zero-order valence-corrected chi connectivity index (χ0v) is 12.5. The fourth-order valence-corrected chi connectivity index (χ4v) is 1.59. The van der Waals surface area contributed by atoms with Gasteiger partial charge in [-0.15, -0.1) is 0 Å². The molecule has 1 rings (SSSR count). The summed E-state index contributed by atoms with van der Waals surface area (Å²) in [5.41, 5.74) is 1.00. The van der Waals surface area contributed by atoms with E-state index >= 15 is 0 Å². The minimum atomic E-state index is -0.873. The van der Waals surface area contributed by atoms with Gasteiger partial charge in [0.05, 0.1) is 19.8 Å². The Kier molecular flexibility index (Phi) is 9.04. The zero-order chi connectivity index (χ0) is 14.6. The second-order valence-corrected chi connectivity index (χ2v) is 4.69. The van der Waals surface area contributed by atoms with Gasteiger partial charge in [0.25, 0.3) is 0 Å². The van der Waals surface area contributed by atoms with Crippen molar-refractivity contribution in [3.05, 3.63) is 29.8 Å². The molecular formula is C16H26O4. The Bertz CT molecular complexity index is 337. The normalized spacial score (nSPS) is 12.3. The summed E-state index contributed by atoms with van der Waals surface area (Å²) in [7, 11) is 0. The van der Waals surface area contributed by atoms with Crippen LogP contribution in [-0.2, 0) is 16.1 Å². The Morgan fingerprint density at radius 3 is 2.45 bits per heavy atom. The second-order valence-electron chi connectivity index (χ2n) is 4.69. The highest BCUT2D eigenvalue weighted by Crippen LogP contribution is 2.13. The molecule has 0 amide bonds. The van der Waals surface area contributed by atoms with Crippen LogP contribution < -0.4 is 4.74 Å². The Balaban J connectivity index is 2.23. The first-order chi connectivity index (χ1) is 9.76. The van der Waals surface area contributed by atoms with Crippen molar-refractivity contribution in [3.8, 4) is 5.75 Å². The molecule has 0 spiro atoms. The van der Waals surface area contributed by atoms with Crippen molar-refractivity contribution in [3.63, 3.8) is 0 Å². The van der Waals surface area contributed by atoms with Crippen molar-refractivity contribution in [2.45, 2.75) is 46.0 Å². The highest BCUT2D eigenvalue weighted by molar-refractivity contribution is 5.26. The van der Waals surface area contributed by atoms with Crippen molar-refractivity contribution in [1.82, 2.24) is 0 Å². The predicted octanol–water partition coefficient (Wildman–Crippen LogP) is 3.13. The molecule has 0 saturated heterocycles. The summed E-state index contributed by atoms with van der Waals surface area (Å²) in [5, 5.41) is 9.56. The molecule has 0 fully saturated rings. The highest BCUT2D eigenvalue weighted by Gasteiger charge is 2.04. The summed E-state index contributed by atoms with van der Waals surface area (Å²) in [6.45, 7) is 6.14. The number of hydrogen-bond acceptors (Lipinski definition) is 4. The van der Waals surface area contributed by atoms with Gasteiger partial charge in [-0.05, 0) is 30.5 Å². The lowest BCUT2D eigenvalue weighted by atomic mass is 10.2. The van der Waals surface area contributed by atoms with Crippen LogP contribution in [0.3, 0.4) is 0 Å². The van der Waals surface area contributed by atoms with E-state index in [1.54, 1.807) is 0 Å². The Morgan fingerprint density at radius 2 is 1.80 bits per heavy atom. The van der Waals surface area contributed by atoms with E-state index in [2.05, 4.69) is 6.92 Å². The Morgan fingerprint density at radius 1 is 1.05 bits per heavy atom. The van der Waals surface area contributed by atoms with Gasteiger partial charge in [0.15, 0.2) is 6.29 Å². The molecule has 114 valence electrons. The zero-order valence-electron chi connectivity index (χ0n) is 12.5. The lowest BCUT2D eigenvalue weighted by molar-refractivity contribution is -0.144. The van der Waals surface area contributed by atoms with Gasteiger partial charge in [-0.1, -0.05) is 32.4 Å². The average Bonchev–Trinajstić information content (AvgIpc) is 2.47. The number of ether oxygens (including phenoxy) is 3. The molecule has 0 aliphatic heterocycles. The molecule has 0 radical (unpaired) electrons. The molecule has 0 aliphatic carbocycles. The maximum atomic E-state index is 9.56. The Hall–Kier alpha value is -1.10. The smallest absolute Gasteiger partial charge is 0.178 e. The average molecular weight is 282 g/mol. The summed E-state index contributed by atoms with van der Waals surface area (Å²) < 4.78 is 16.1. The SMILES string of the molecule is CCCCOc1ccc(COC(O)COCCC)cc1. The third kappa shape index (κ3) is 7.48. The fourth-order valence-electron chi connectivity index (χ4n) is 1.59. The maximum absolute atomic E-state index is 9.56. The van der Waals surface area contributed by atoms with Gasteiger partial charge in [-0.25, -0.2) is 0 Å². The summed E-state index contributed by atoms with van der Waals surface area (Å²) in [4.78, 5) is 0. The molecule has 1 N–H and O–H groups in total. The van der Waals surface area contributed by atoms with Crippen LogP contribution in [0.25, 0.3) is 0 Å². The van der Waals surface area contributed by atoms with Crippen LogP contribution in [0.15, 0.2) is 24.3 Å². The second kappa shape index (κ2) is 10.7. The van der Waals surface area contributed by atoms with Crippen LogP contribution in [0.2, 0.25) is 0 Å². The molecule has 20 heavy (non-hydrogen) atoms. The van der Waals surface area contributed by atoms with Crippen molar-refractivity contribution in [2.75, 3.05) is 19.8 Å². The molecule has 1 unspecified atom stereocenters. The van der Waals surface area contributed by atoms with Gasteiger partial charge in [-0.2, -0.15) is 0 Å². The molecule has 0 bridgehead atoms. The third-order valence-electron chi connectivity index (χ3n) is 2.74. The van der Waals surface area contributed by atoms with E-state index in [1.165, 1.54) is 0 Å². The Labute approximate surface area is 121 Å². The number of unbranched alkanes of at least 4 members (excludes halogenated alkanes) is 1. The van der Waals surface area contributed by atoms with Gasteiger partial charge in [0, 0.05) is 6.61 Å². The quantitative estimate of drug-likeness (QED) is 0.500. The molecule has 1 aromatic rings. The maximum Gasteiger partial charge on any atom is 0.178 e. The van der Waals surface area contributed by atoms with Crippen LogP contribution in [0.1, 0.15) is 38.7 Å². The minimum absolute atomic E-state index is 0.214. The summed E-state index contributed by atoms with van der Waals surface area (Å²) in [5.74, 6) is 0.869. The van der Waals surface area contributed by atoms with E-state index in [0.717, 1.165) is 37.2 Å². The molecule has 1 aromatic carbocycles. The lowest BCUT2D eigenvalue weighted by Crippen LogP contribution is -2.19. The molecule has 0 aromatic heterocycles. The topological polar surface area (TPSA) is 47.9 Å². The van der Waals surface area contributed by atoms with Crippen LogP contribution in [0.4, 0.5) is 0 Å². The largest absolute Gasteiger partial charge is 0.494 e. The molecule has 0 aliphatic rings. The van der Waals surface area contributed by atoms with Gasteiger partial charge in [0.1, 0.15) is 5.75 Å². The summed E-state index contributed by atoms with van der Waals surface area (Å²) in [6.07, 6.45) is 2.26. The first-order valence-electron chi connectivity index (χ1n) is 7.35. The number of benzene rings is 1. The van der Waals surface area contributed by atoms with Gasteiger partial charge >= 0.3 is 0 Å². The molecule has 4 nitrogen and oxygen atoms in total. The fraction of sp³-hybridized carbons (Fsp3) is 0.625. The van der Waals surface area contributed by atoms with Gasteiger partial charge in [-0.3, -0.25) is 0 Å². The molecule has 0 saturated carbocycles. The summed E-state index contributed by atoms with van der Waals surface area (Å²) >= 11 is 0. The van der Waals surface area contributed by atoms with Crippen LogP contribution >= 0.6 is 0 Å². The van der Waals surface area contributed by atoms with E-state index in [9.17, 15) is 5.11 Å². The molecule has 1 atom stereocenters. The van der Waals surface area contributed by atoms with Crippen LogP contribution in [-0.4, -0.2) is 31.2 Å². The number of aliphatic hydroxyl groups is 1. The summed E-state index contributed by atoms with van der Waals surface area (Å²) in [6, 6.07) is 7.74. The molecule has 0 heterocycles. The number of rotatable bonds is 11. The van der Waals surface area contributed by atoms with E-state index in [0.29, 0.717) is 13.2 Å². The standard InChI is InChI=1S/C16H26O4/c1-3-5-11-19-15-8-6-14(7-9-15)12-20-16(17)13-18-10-4-2/h6-9,16-17H,3-5,10-13H2,1-2H3. The molecule has 4 heteroatoms. The number of hydrogen-bond donors (Lipinski definition) is 1. The van der Waals surface area contributed by atoms with Crippen molar-refractivity contribution in [1.29, 1.82) is 0 Å². The first-order valence-corrected chi connectivity index (χ1v) is 7.35. The third-order valence-corrected chi connectivity index (χ3v) is 2.74. The van der Waals surface area contributed by atoms with E-state index in [4.69, 9.17) is 14.2 Å². The number of aliphatic hydroxyl groups excluding tert-OH is 1. The first kappa shape index (κ1) is 17.0. The molecular weight excluding hydrogens is 256 g/mol. The van der Waals surface area contributed by atoms with Gasteiger partial charge < -0.3 is 19.3 Å². The van der Waals surface area contributed by atoms with Crippen molar-refractivity contribution >= 4 is 0 Å². The van der Waals surface area contributed by atoms with Gasteiger partial charge in [0.2, 0.25) is 0 Å². The van der Waals surface area contributed by atoms with Crippen LogP contribution in [0.5, 0.6) is 5.75 Å². The lowest BCUT2D eigenvalue weighted by Gasteiger charge is -2.12. The van der Waals surface area contributed by atoms with Crippen molar-refractivity contribution in [2.24, 2.45) is 0 Å². The minimum Gasteiger partial charge on any atom is -0.494 e. The van der Waals surface area contributed by atoms with E-state index in [-0.39, 0.29) is 6.61 Å². The van der Waals surface area contributed by atoms with Crippen molar-refractivity contribution < 1.29 is 19.3 Å². The van der Waals surface area contributed by atoms with Crippen LogP contribution in [0, 0.1) is 0 Å². The monoisotopic (exact) mass is 282 g/mol. The highest BCUT2D eigenvalue weighted by atomic mass is 16.6. The van der Waals surface area contributed by atoms with E-state index in [1.807, 2.05) is 31.2 Å². The van der Waals surface area contributed by atoms with E-state index < -0.39 is 6.29 Å².